The summed E-state index contributed by atoms with van der Waals surface area (Å²) in [5.41, 5.74) is 0.891. The summed E-state index contributed by atoms with van der Waals surface area (Å²) in [4.78, 5) is 17.4. The van der Waals surface area contributed by atoms with Gasteiger partial charge in [0.1, 0.15) is 9.88 Å². The number of hydrogen-bond acceptors (Lipinski definition) is 4. The molecular formula is C17H22N2O2S. The molecule has 1 heterocycles. The van der Waals surface area contributed by atoms with E-state index in [1.54, 1.807) is 0 Å². The number of amides is 1. The summed E-state index contributed by atoms with van der Waals surface area (Å²) in [6.45, 7) is 5.93. The molecule has 5 heteroatoms. The molecule has 4 nitrogen and oxygen atoms in total. The maximum absolute atomic E-state index is 12.3. The Morgan fingerprint density at radius 2 is 1.91 bits per heavy atom. The van der Waals surface area contributed by atoms with Crippen molar-refractivity contribution in [2.75, 3.05) is 6.54 Å². The van der Waals surface area contributed by atoms with Crippen molar-refractivity contribution >= 4 is 17.2 Å². The van der Waals surface area contributed by atoms with Gasteiger partial charge in [-0.1, -0.05) is 44.2 Å². The minimum absolute atomic E-state index is 0.169. The van der Waals surface area contributed by atoms with E-state index < -0.39 is 5.60 Å². The molecule has 0 aliphatic rings. The van der Waals surface area contributed by atoms with E-state index in [9.17, 15) is 9.90 Å². The van der Waals surface area contributed by atoms with Gasteiger partial charge < -0.3 is 10.4 Å². The van der Waals surface area contributed by atoms with Crippen molar-refractivity contribution in [3.05, 3.63) is 40.9 Å². The fourth-order valence-corrected chi connectivity index (χ4v) is 3.12. The SMILES string of the molecule is CCC(O)(CC)CNC(=O)c1sc(-c2ccccc2)nc1C. The van der Waals surface area contributed by atoms with Crippen LogP contribution in [0.1, 0.15) is 42.1 Å². The number of benzene rings is 1. The molecule has 0 radical (unpaired) electrons. The lowest BCUT2D eigenvalue weighted by atomic mass is 9.97. The van der Waals surface area contributed by atoms with Crippen LogP contribution in [0.25, 0.3) is 10.6 Å². The molecule has 0 aliphatic carbocycles. The van der Waals surface area contributed by atoms with Crippen molar-refractivity contribution in [3.8, 4) is 10.6 Å². The third kappa shape index (κ3) is 3.72. The first-order valence-electron chi connectivity index (χ1n) is 7.52. The molecule has 0 atom stereocenters. The van der Waals surface area contributed by atoms with Crippen molar-refractivity contribution in [3.63, 3.8) is 0 Å². The third-order valence-electron chi connectivity index (χ3n) is 3.92. The van der Waals surface area contributed by atoms with Crippen molar-refractivity contribution < 1.29 is 9.90 Å². The molecule has 1 aromatic carbocycles. The summed E-state index contributed by atoms with van der Waals surface area (Å²) >= 11 is 1.38. The Hall–Kier alpha value is -1.72. The summed E-state index contributed by atoms with van der Waals surface area (Å²) in [6, 6.07) is 9.82. The Morgan fingerprint density at radius 3 is 2.50 bits per heavy atom. The van der Waals surface area contributed by atoms with Crippen LogP contribution in [0.5, 0.6) is 0 Å². The van der Waals surface area contributed by atoms with Crippen molar-refractivity contribution in [2.24, 2.45) is 0 Å². The van der Waals surface area contributed by atoms with Crippen LogP contribution in [-0.4, -0.2) is 28.1 Å². The topological polar surface area (TPSA) is 62.2 Å². The van der Waals surface area contributed by atoms with Gasteiger partial charge in [-0.2, -0.15) is 0 Å². The van der Waals surface area contributed by atoms with Gasteiger partial charge >= 0.3 is 0 Å². The number of nitrogens with one attached hydrogen (secondary N) is 1. The zero-order valence-corrected chi connectivity index (χ0v) is 14.0. The molecule has 0 spiro atoms. The summed E-state index contributed by atoms with van der Waals surface area (Å²) in [7, 11) is 0. The molecule has 0 saturated heterocycles. The second-order valence-electron chi connectivity index (χ2n) is 5.41. The maximum Gasteiger partial charge on any atom is 0.263 e. The monoisotopic (exact) mass is 318 g/mol. The molecular weight excluding hydrogens is 296 g/mol. The second kappa shape index (κ2) is 7.03. The van der Waals surface area contributed by atoms with Crippen LogP contribution >= 0.6 is 11.3 Å². The largest absolute Gasteiger partial charge is 0.388 e. The van der Waals surface area contributed by atoms with Gasteiger partial charge in [0.05, 0.1) is 11.3 Å². The average Bonchev–Trinajstić information content (AvgIpc) is 2.95. The molecule has 0 fully saturated rings. The summed E-state index contributed by atoms with van der Waals surface area (Å²) in [5, 5.41) is 13.9. The number of aromatic nitrogens is 1. The molecule has 1 aromatic heterocycles. The highest BCUT2D eigenvalue weighted by Gasteiger charge is 2.24. The molecule has 118 valence electrons. The average molecular weight is 318 g/mol. The number of carbonyl (C=O) groups excluding carboxylic acids is 1. The van der Waals surface area contributed by atoms with Crippen LogP contribution in [0.4, 0.5) is 0 Å². The predicted molar refractivity (Wildman–Crippen MR) is 90.2 cm³/mol. The van der Waals surface area contributed by atoms with E-state index in [-0.39, 0.29) is 12.5 Å². The van der Waals surface area contributed by atoms with Crippen LogP contribution < -0.4 is 5.32 Å². The van der Waals surface area contributed by atoms with E-state index in [0.717, 1.165) is 16.3 Å². The first-order chi connectivity index (χ1) is 10.5. The highest BCUT2D eigenvalue weighted by Crippen LogP contribution is 2.27. The first kappa shape index (κ1) is 16.6. The molecule has 2 aromatic rings. The van der Waals surface area contributed by atoms with Crippen molar-refractivity contribution in [2.45, 2.75) is 39.2 Å². The van der Waals surface area contributed by atoms with Crippen LogP contribution in [0.3, 0.4) is 0 Å². The van der Waals surface area contributed by atoms with Crippen molar-refractivity contribution in [1.29, 1.82) is 0 Å². The molecule has 1 amide bonds. The van der Waals surface area contributed by atoms with Gasteiger partial charge in [-0.05, 0) is 19.8 Å². The molecule has 22 heavy (non-hydrogen) atoms. The number of nitrogens with zero attached hydrogens (tertiary/aromatic N) is 1. The van der Waals surface area contributed by atoms with Crippen LogP contribution in [0.2, 0.25) is 0 Å². The van der Waals surface area contributed by atoms with Gasteiger partial charge in [0.25, 0.3) is 5.91 Å². The Bertz CT molecular complexity index is 633. The van der Waals surface area contributed by atoms with Gasteiger partial charge in [0.2, 0.25) is 0 Å². The molecule has 0 bridgehead atoms. The van der Waals surface area contributed by atoms with E-state index >= 15 is 0 Å². The van der Waals surface area contributed by atoms with Gasteiger partial charge in [0, 0.05) is 12.1 Å². The standard InChI is InChI=1S/C17H22N2O2S/c1-4-17(21,5-2)11-18-15(20)14-12(3)19-16(22-14)13-9-7-6-8-10-13/h6-10,21H,4-5,11H2,1-3H3,(H,18,20). The maximum atomic E-state index is 12.3. The Labute approximate surface area is 135 Å². The zero-order valence-electron chi connectivity index (χ0n) is 13.2. The first-order valence-corrected chi connectivity index (χ1v) is 8.34. The molecule has 2 N–H and O–H groups in total. The molecule has 0 aliphatic heterocycles. The lowest BCUT2D eigenvalue weighted by Crippen LogP contribution is -2.42. The number of carbonyl (C=O) groups is 1. The zero-order chi connectivity index (χ0) is 16.2. The summed E-state index contributed by atoms with van der Waals surface area (Å²) in [5.74, 6) is -0.169. The fraction of sp³-hybridized carbons (Fsp3) is 0.412. The van der Waals surface area contributed by atoms with Gasteiger partial charge in [-0.3, -0.25) is 4.79 Å². The Morgan fingerprint density at radius 1 is 1.27 bits per heavy atom. The van der Waals surface area contributed by atoms with E-state index in [1.807, 2.05) is 51.1 Å². The van der Waals surface area contributed by atoms with E-state index in [0.29, 0.717) is 17.7 Å². The van der Waals surface area contributed by atoms with E-state index in [1.165, 1.54) is 11.3 Å². The van der Waals surface area contributed by atoms with Crippen LogP contribution in [-0.2, 0) is 0 Å². The quantitative estimate of drug-likeness (QED) is 0.858. The Kier molecular flexibility index (Phi) is 5.32. The lowest BCUT2D eigenvalue weighted by molar-refractivity contribution is 0.0314. The van der Waals surface area contributed by atoms with E-state index in [4.69, 9.17) is 0 Å². The van der Waals surface area contributed by atoms with E-state index in [2.05, 4.69) is 10.3 Å². The minimum atomic E-state index is -0.837. The van der Waals surface area contributed by atoms with Crippen molar-refractivity contribution in [1.82, 2.24) is 10.3 Å². The third-order valence-corrected chi connectivity index (χ3v) is 5.12. The van der Waals surface area contributed by atoms with Gasteiger partial charge in [0.15, 0.2) is 0 Å². The normalized spacial score (nSPS) is 11.5. The second-order valence-corrected chi connectivity index (χ2v) is 6.41. The van der Waals surface area contributed by atoms with Crippen LogP contribution in [0, 0.1) is 6.92 Å². The minimum Gasteiger partial charge on any atom is -0.388 e. The Balaban J connectivity index is 2.13. The molecule has 0 saturated carbocycles. The number of thiazole rings is 1. The summed E-state index contributed by atoms with van der Waals surface area (Å²) < 4.78 is 0. The van der Waals surface area contributed by atoms with Crippen LogP contribution in [0.15, 0.2) is 30.3 Å². The number of aliphatic hydroxyl groups is 1. The number of aryl methyl sites for hydroxylation is 1. The number of hydrogen-bond donors (Lipinski definition) is 2. The highest BCUT2D eigenvalue weighted by atomic mass is 32.1. The predicted octanol–water partition coefficient (Wildman–Crippen LogP) is 3.40. The lowest BCUT2D eigenvalue weighted by Gasteiger charge is -2.25. The molecule has 2 rings (SSSR count). The van der Waals surface area contributed by atoms with Gasteiger partial charge in [-0.25, -0.2) is 4.98 Å². The highest BCUT2D eigenvalue weighted by molar-refractivity contribution is 7.17. The number of rotatable bonds is 6. The molecule has 0 unspecified atom stereocenters. The van der Waals surface area contributed by atoms with Gasteiger partial charge in [-0.15, -0.1) is 11.3 Å². The fourth-order valence-electron chi connectivity index (χ4n) is 2.14. The summed E-state index contributed by atoms with van der Waals surface area (Å²) in [6.07, 6.45) is 1.22. The smallest absolute Gasteiger partial charge is 0.263 e.